The topological polar surface area (TPSA) is 58.6 Å². The highest BCUT2D eigenvalue weighted by Crippen LogP contribution is 2.15. The lowest BCUT2D eigenvalue weighted by Crippen LogP contribution is -2.42. The van der Waals surface area contributed by atoms with Gasteiger partial charge in [-0.1, -0.05) is 6.58 Å². The van der Waals surface area contributed by atoms with E-state index in [-0.39, 0.29) is 18.4 Å². The first-order valence-corrected chi connectivity index (χ1v) is 5.98. The van der Waals surface area contributed by atoms with E-state index in [1.54, 1.807) is 0 Å². The van der Waals surface area contributed by atoms with Gasteiger partial charge in [0.05, 0.1) is 6.54 Å². The SMILES string of the molecule is C=C1CN(C(=O)OC(C)(C)C)CCC1=O.CNC. The molecule has 0 aromatic carbocycles. The predicted molar refractivity (Wildman–Crippen MR) is 71.6 cm³/mol. The lowest BCUT2D eigenvalue weighted by Gasteiger charge is -2.30. The Balaban J connectivity index is 0.000000873. The summed E-state index contributed by atoms with van der Waals surface area (Å²) < 4.78 is 5.20. The molecule has 104 valence electrons. The second-order valence-electron chi connectivity index (χ2n) is 5.18. The minimum atomic E-state index is -0.500. The Kier molecular flexibility index (Phi) is 6.62. The number of ketones is 1. The van der Waals surface area contributed by atoms with Crippen molar-refractivity contribution in [2.24, 2.45) is 0 Å². The zero-order valence-corrected chi connectivity index (χ0v) is 12.0. The summed E-state index contributed by atoms with van der Waals surface area (Å²) in [7, 11) is 3.75. The molecule has 0 saturated carbocycles. The Hall–Kier alpha value is -1.36. The molecule has 1 aliphatic heterocycles. The third kappa shape index (κ3) is 6.39. The van der Waals surface area contributed by atoms with Crippen molar-refractivity contribution in [3.8, 4) is 0 Å². The molecular formula is C13H24N2O3. The van der Waals surface area contributed by atoms with Gasteiger partial charge in [0.15, 0.2) is 5.78 Å². The van der Waals surface area contributed by atoms with Crippen molar-refractivity contribution in [1.82, 2.24) is 10.2 Å². The number of piperidine rings is 1. The minimum Gasteiger partial charge on any atom is -0.444 e. The van der Waals surface area contributed by atoms with Crippen LogP contribution in [0, 0.1) is 0 Å². The number of amides is 1. The molecule has 0 aromatic rings. The van der Waals surface area contributed by atoms with Gasteiger partial charge < -0.3 is 15.0 Å². The van der Waals surface area contributed by atoms with Gasteiger partial charge in [-0.25, -0.2) is 4.79 Å². The quantitative estimate of drug-likeness (QED) is 0.669. The molecule has 1 fully saturated rings. The van der Waals surface area contributed by atoms with Gasteiger partial charge in [0.25, 0.3) is 0 Å². The fraction of sp³-hybridized carbons (Fsp3) is 0.692. The number of nitrogens with zero attached hydrogens (tertiary/aromatic N) is 1. The van der Waals surface area contributed by atoms with Crippen molar-refractivity contribution < 1.29 is 14.3 Å². The smallest absolute Gasteiger partial charge is 0.410 e. The summed E-state index contributed by atoms with van der Waals surface area (Å²) in [6, 6.07) is 0. The number of hydrogen-bond acceptors (Lipinski definition) is 4. The number of Topliss-reactive ketones (excluding diaryl/α,β-unsaturated/α-hetero) is 1. The Morgan fingerprint density at radius 1 is 1.39 bits per heavy atom. The number of rotatable bonds is 0. The number of likely N-dealkylation sites (tertiary alicyclic amines) is 1. The molecular weight excluding hydrogens is 232 g/mol. The fourth-order valence-corrected chi connectivity index (χ4v) is 1.29. The molecule has 0 aromatic heterocycles. The highest BCUT2D eigenvalue weighted by atomic mass is 16.6. The molecule has 0 radical (unpaired) electrons. The van der Waals surface area contributed by atoms with E-state index in [0.29, 0.717) is 18.5 Å². The van der Waals surface area contributed by atoms with Crippen LogP contribution in [0.15, 0.2) is 12.2 Å². The Morgan fingerprint density at radius 3 is 2.28 bits per heavy atom. The molecule has 5 nitrogen and oxygen atoms in total. The molecule has 5 heteroatoms. The maximum Gasteiger partial charge on any atom is 0.410 e. The highest BCUT2D eigenvalue weighted by Gasteiger charge is 2.27. The molecule has 1 aliphatic rings. The molecule has 18 heavy (non-hydrogen) atoms. The van der Waals surface area contributed by atoms with Crippen LogP contribution in [-0.4, -0.2) is 49.6 Å². The van der Waals surface area contributed by atoms with E-state index in [1.807, 2.05) is 34.9 Å². The second kappa shape index (κ2) is 7.16. The number of nitrogens with one attached hydrogen (secondary N) is 1. The highest BCUT2D eigenvalue weighted by molar-refractivity contribution is 5.97. The van der Waals surface area contributed by atoms with E-state index in [2.05, 4.69) is 11.9 Å². The van der Waals surface area contributed by atoms with Crippen LogP contribution in [-0.2, 0) is 9.53 Å². The van der Waals surface area contributed by atoms with Gasteiger partial charge in [-0.05, 0) is 34.9 Å². The van der Waals surface area contributed by atoms with Crippen LogP contribution in [0.1, 0.15) is 27.2 Å². The number of carbonyl (C=O) groups is 2. The second-order valence-corrected chi connectivity index (χ2v) is 5.18. The van der Waals surface area contributed by atoms with Gasteiger partial charge >= 0.3 is 6.09 Å². The summed E-state index contributed by atoms with van der Waals surface area (Å²) in [4.78, 5) is 24.3. The van der Waals surface area contributed by atoms with Crippen molar-refractivity contribution in [3.05, 3.63) is 12.2 Å². The first-order valence-electron chi connectivity index (χ1n) is 5.98. The van der Waals surface area contributed by atoms with E-state index in [0.717, 1.165) is 0 Å². The Labute approximate surface area is 109 Å². The van der Waals surface area contributed by atoms with Crippen LogP contribution in [0.25, 0.3) is 0 Å². The van der Waals surface area contributed by atoms with Gasteiger partial charge in [-0.2, -0.15) is 0 Å². The first-order chi connectivity index (χ1) is 8.21. The van der Waals surface area contributed by atoms with Crippen LogP contribution >= 0.6 is 0 Å². The average molecular weight is 256 g/mol. The molecule has 0 spiro atoms. The van der Waals surface area contributed by atoms with E-state index in [4.69, 9.17) is 4.74 Å². The lowest BCUT2D eigenvalue weighted by molar-refractivity contribution is -0.117. The summed E-state index contributed by atoms with van der Waals surface area (Å²) in [6.07, 6.45) is -0.0333. The molecule has 0 aliphatic carbocycles. The van der Waals surface area contributed by atoms with Gasteiger partial charge in [0, 0.05) is 18.5 Å². The van der Waals surface area contributed by atoms with Crippen molar-refractivity contribution in [2.75, 3.05) is 27.2 Å². The monoisotopic (exact) mass is 256 g/mol. The number of ether oxygens (including phenoxy) is 1. The van der Waals surface area contributed by atoms with Gasteiger partial charge in [0.2, 0.25) is 0 Å². The summed E-state index contributed by atoms with van der Waals surface area (Å²) >= 11 is 0. The molecule has 0 unspecified atom stereocenters. The average Bonchev–Trinajstić information content (AvgIpc) is 2.20. The Bertz CT molecular complexity index is 319. The maximum atomic E-state index is 11.6. The van der Waals surface area contributed by atoms with Crippen LogP contribution < -0.4 is 5.32 Å². The van der Waals surface area contributed by atoms with Gasteiger partial charge in [-0.15, -0.1) is 0 Å². The molecule has 1 N–H and O–H groups in total. The summed E-state index contributed by atoms with van der Waals surface area (Å²) in [6.45, 7) is 9.78. The third-order valence-corrected chi connectivity index (χ3v) is 2.04. The third-order valence-electron chi connectivity index (χ3n) is 2.04. The van der Waals surface area contributed by atoms with Crippen molar-refractivity contribution in [1.29, 1.82) is 0 Å². The zero-order chi connectivity index (χ0) is 14.3. The maximum absolute atomic E-state index is 11.6. The fourth-order valence-electron chi connectivity index (χ4n) is 1.29. The number of carbonyl (C=O) groups excluding carboxylic acids is 2. The van der Waals surface area contributed by atoms with Gasteiger partial charge in [0.1, 0.15) is 5.60 Å². The summed E-state index contributed by atoms with van der Waals surface area (Å²) in [5.41, 5.74) is -0.0213. The summed E-state index contributed by atoms with van der Waals surface area (Å²) in [5, 5.41) is 2.75. The van der Waals surface area contributed by atoms with Crippen LogP contribution in [0.2, 0.25) is 0 Å². The van der Waals surface area contributed by atoms with E-state index in [1.165, 1.54) is 4.90 Å². The van der Waals surface area contributed by atoms with E-state index < -0.39 is 5.60 Å². The zero-order valence-electron chi connectivity index (χ0n) is 12.0. The molecule has 1 rings (SSSR count). The predicted octanol–water partition coefficient (Wildman–Crippen LogP) is 1.59. The Morgan fingerprint density at radius 2 is 1.89 bits per heavy atom. The number of hydrogen-bond donors (Lipinski definition) is 1. The minimum absolute atomic E-state index is 0.0369. The molecule has 0 atom stereocenters. The van der Waals surface area contributed by atoms with Gasteiger partial charge in [-0.3, -0.25) is 4.79 Å². The molecule has 0 bridgehead atoms. The lowest BCUT2D eigenvalue weighted by atomic mass is 10.1. The van der Waals surface area contributed by atoms with Crippen molar-refractivity contribution in [3.63, 3.8) is 0 Å². The van der Waals surface area contributed by atoms with E-state index in [9.17, 15) is 9.59 Å². The van der Waals surface area contributed by atoms with Crippen molar-refractivity contribution in [2.45, 2.75) is 32.8 Å². The normalized spacial score (nSPS) is 15.9. The molecule has 1 saturated heterocycles. The largest absolute Gasteiger partial charge is 0.444 e. The van der Waals surface area contributed by atoms with Crippen molar-refractivity contribution >= 4 is 11.9 Å². The van der Waals surface area contributed by atoms with Crippen LogP contribution in [0.4, 0.5) is 4.79 Å². The summed E-state index contributed by atoms with van der Waals surface area (Å²) in [5.74, 6) is 0.0369. The van der Waals surface area contributed by atoms with Crippen LogP contribution in [0.5, 0.6) is 0 Å². The van der Waals surface area contributed by atoms with E-state index >= 15 is 0 Å². The molecule has 1 amide bonds. The molecule has 1 heterocycles. The standard InChI is InChI=1S/C11H17NO3.C2H7N/c1-8-7-12(6-5-9(8)13)10(14)15-11(2,3)4;1-3-2/h1,5-7H2,2-4H3;3H,1-2H3. The first kappa shape index (κ1) is 16.6. The van der Waals surface area contributed by atoms with Crippen LogP contribution in [0.3, 0.4) is 0 Å².